The summed E-state index contributed by atoms with van der Waals surface area (Å²) in [6.45, 7) is 4.69. The Morgan fingerprint density at radius 1 is 1.17 bits per heavy atom. The van der Waals surface area contributed by atoms with Gasteiger partial charge in [0.25, 0.3) is 5.91 Å². The number of nitrogens with two attached hydrogens (primary N) is 1. The fourth-order valence-electron chi connectivity index (χ4n) is 5.00. The number of fused-ring (bicyclic) bond motifs is 2. The smallest absolute Gasteiger partial charge is 0.284 e. The lowest BCUT2D eigenvalue weighted by Gasteiger charge is -2.36. The summed E-state index contributed by atoms with van der Waals surface area (Å²) in [7, 11) is 0. The molecule has 2 aromatic carbocycles. The van der Waals surface area contributed by atoms with Crippen molar-refractivity contribution in [3.63, 3.8) is 0 Å². The zero-order chi connectivity index (χ0) is 24.5. The number of aromatic hydroxyl groups is 1. The first-order chi connectivity index (χ1) is 16.9. The van der Waals surface area contributed by atoms with Crippen molar-refractivity contribution in [3.8, 4) is 11.8 Å². The van der Waals surface area contributed by atoms with Gasteiger partial charge in [-0.05, 0) is 55.3 Å². The summed E-state index contributed by atoms with van der Waals surface area (Å²) in [6, 6.07) is 12.7. The number of rotatable bonds is 7. The van der Waals surface area contributed by atoms with Crippen molar-refractivity contribution in [2.75, 3.05) is 42.9 Å². The topological polar surface area (TPSA) is 136 Å². The largest absolute Gasteiger partial charge is 0.506 e. The van der Waals surface area contributed by atoms with Crippen LogP contribution in [-0.2, 0) is 4.79 Å². The zero-order valence-electron chi connectivity index (χ0n) is 19.3. The number of primary amides is 1. The molecule has 180 valence electrons. The van der Waals surface area contributed by atoms with Crippen molar-refractivity contribution in [1.29, 1.82) is 5.26 Å². The maximum atomic E-state index is 12.4. The molecule has 1 fully saturated rings. The SMILES string of the molecule is N#Cc1cc2c(cc1O)NC(=O)C2CCCCN1CCN(c2ccc3oc(C(N)=O)cc3c2)CC1. The number of hydrogen-bond donors (Lipinski definition) is 3. The molecule has 0 aliphatic carbocycles. The van der Waals surface area contributed by atoms with Crippen LogP contribution < -0.4 is 16.0 Å². The van der Waals surface area contributed by atoms with E-state index in [1.165, 1.54) is 6.07 Å². The van der Waals surface area contributed by atoms with Crippen LogP contribution in [0.5, 0.6) is 5.75 Å². The molecule has 1 aromatic heterocycles. The normalized spacial score (nSPS) is 17.9. The zero-order valence-corrected chi connectivity index (χ0v) is 19.3. The lowest BCUT2D eigenvalue weighted by molar-refractivity contribution is -0.117. The minimum Gasteiger partial charge on any atom is -0.506 e. The standard InChI is InChI=1S/C26H27N5O4/c27-15-17-12-20-19(26(34)29-21(20)14-22(17)32)3-1-2-6-30-7-9-31(10-8-30)18-4-5-23-16(11-18)13-24(35-23)25(28)33/h4-5,11-14,19,32H,1-3,6-10H2,(H2,28,33)(H,29,34). The molecular formula is C26H27N5O4. The number of nitriles is 1. The highest BCUT2D eigenvalue weighted by molar-refractivity contribution is 6.03. The maximum absolute atomic E-state index is 12.4. The van der Waals surface area contributed by atoms with Gasteiger partial charge >= 0.3 is 0 Å². The van der Waals surface area contributed by atoms with Crippen molar-refractivity contribution in [3.05, 3.63) is 53.3 Å². The molecule has 1 saturated heterocycles. The molecular weight excluding hydrogens is 446 g/mol. The minimum absolute atomic E-state index is 0.0688. The lowest BCUT2D eigenvalue weighted by Crippen LogP contribution is -2.46. The third-order valence-corrected chi connectivity index (χ3v) is 6.94. The monoisotopic (exact) mass is 473 g/mol. The number of phenolic OH excluding ortho intramolecular Hbond substituents is 1. The summed E-state index contributed by atoms with van der Waals surface area (Å²) in [5.41, 5.74) is 8.67. The predicted molar refractivity (Wildman–Crippen MR) is 131 cm³/mol. The second kappa shape index (κ2) is 9.31. The van der Waals surface area contributed by atoms with E-state index < -0.39 is 5.91 Å². The van der Waals surface area contributed by atoms with Gasteiger partial charge in [0.1, 0.15) is 17.4 Å². The van der Waals surface area contributed by atoms with Gasteiger partial charge in [0.15, 0.2) is 5.76 Å². The first-order valence-corrected chi connectivity index (χ1v) is 11.8. The van der Waals surface area contributed by atoms with E-state index in [-0.39, 0.29) is 28.9 Å². The molecule has 3 heterocycles. The number of hydrogen-bond acceptors (Lipinski definition) is 7. The van der Waals surface area contributed by atoms with Crippen LogP contribution >= 0.6 is 0 Å². The molecule has 0 spiro atoms. The molecule has 9 heteroatoms. The van der Waals surface area contributed by atoms with Crippen LogP contribution in [0.4, 0.5) is 11.4 Å². The number of anilines is 2. The predicted octanol–water partition coefficient (Wildman–Crippen LogP) is 3.14. The number of carbonyl (C=O) groups is 2. The number of phenols is 1. The number of benzene rings is 2. The van der Waals surface area contributed by atoms with Gasteiger partial charge in [0.2, 0.25) is 5.91 Å². The Hall–Kier alpha value is -4.03. The molecule has 3 aromatic rings. The third-order valence-electron chi connectivity index (χ3n) is 6.94. The molecule has 2 aliphatic rings. The van der Waals surface area contributed by atoms with Gasteiger partial charge in [-0.25, -0.2) is 0 Å². The fraction of sp³-hybridized carbons (Fsp3) is 0.346. The third kappa shape index (κ3) is 4.53. The second-order valence-electron chi connectivity index (χ2n) is 9.13. The number of nitrogens with one attached hydrogen (secondary N) is 1. The van der Waals surface area contributed by atoms with E-state index in [1.54, 1.807) is 12.1 Å². The number of furan rings is 1. The van der Waals surface area contributed by atoms with Gasteiger partial charge < -0.3 is 25.5 Å². The van der Waals surface area contributed by atoms with Crippen LogP contribution in [0.2, 0.25) is 0 Å². The Labute approximate surface area is 202 Å². The highest BCUT2D eigenvalue weighted by atomic mass is 16.3. The van der Waals surface area contributed by atoms with Crippen LogP contribution in [0.15, 0.2) is 40.8 Å². The quantitative estimate of drug-likeness (QED) is 0.449. The van der Waals surface area contributed by atoms with Crippen LogP contribution in [-0.4, -0.2) is 54.5 Å². The second-order valence-corrected chi connectivity index (χ2v) is 9.13. The Morgan fingerprint density at radius 2 is 1.97 bits per heavy atom. The summed E-state index contributed by atoms with van der Waals surface area (Å²) < 4.78 is 5.47. The minimum atomic E-state index is -0.569. The van der Waals surface area contributed by atoms with E-state index in [0.717, 1.165) is 62.2 Å². The van der Waals surface area contributed by atoms with E-state index in [4.69, 9.17) is 10.2 Å². The summed E-state index contributed by atoms with van der Waals surface area (Å²) in [6.07, 6.45) is 2.60. The molecule has 4 N–H and O–H groups in total. The van der Waals surface area contributed by atoms with Crippen LogP contribution in [0, 0.1) is 11.3 Å². The summed E-state index contributed by atoms with van der Waals surface area (Å²) >= 11 is 0. The first kappa shape index (κ1) is 22.7. The molecule has 1 atom stereocenters. The van der Waals surface area contributed by atoms with Crippen LogP contribution in [0.1, 0.15) is 46.9 Å². The molecule has 9 nitrogen and oxygen atoms in total. The van der Waals surface area contributed by atoms with Crippen molar-refractivity contribution in [2.45, 2.75) is 25.2 Å². The molecule has 2 amide bonds. The highest BCUT2D eigenvalue weighted by Gasteiger charge is 2.31. The highest BCUT2D eigenvalue weighted by Crippen LogP contribution is 2.39. The Morgan fingerprint density at radius 3 is 2.71 bits per heavy atom. The molecule has 0 saturated carbocycles. The number of carbonyl (C=O) groups excluding carboxylic acids is 2. The van der Waals surface area contributed by atoms with E-state index in [9.17, 15) is 20.0 Å². The Balaban J connectivity index is 1.10. The number of amides is 2. The van der Waals surface area contributed by atoms with E-state index in [0.29, 0.717) is 17.7 Å². The first-order valence-electron chi connectivity index (χ1n) is 11.8. The molecule has 35 heavy (non-hydrogen) atoms. The number of nitrogens with zero attached hydrogens (tertiary/aromatic N) is 3. The van der Waals surface area contributed by atoms with Crippen molar-refractivity contribution in [2.24, 2.45) is 5.73 Å². The van der Waals surface area contributed by atoms with Gasteiger partial charge in [0.05, 0.1) is 11.5 Å². The Kier molecular flexibility index (Phi) is 6.05. The molecule has 0 bridgehead atoms. The summed E-state index contributed by atoms with van der Waals surface area (Å²) in [5.74, 6) is -0.848. The maximum Gasteiger partial charge on any atom is 0.284 e. The molecule has 2 aliphatic heterocycles. The molecule has 1 unspecified atom stereocenters. The van der Waals surface area contributed by atoms with Crippen molar-refractivity contribution in [1.82, 2.24) is 4.90 Å². The van der Waals surface area contributed by atoms with Crippen LogP contribution in [0.25, 0.3) is 11.0 Å². The molecule has 5 rings (SSSR count). The number of unbranched alkanes of at least 4 members (excludes halogenated alkanes) is 1. The van der Waals surface area contributed by atoms with Crippen LogP contribution in [0.3, 0.4) is 0 Å². The van der Waals surface area contributed by atoms with Crippen molar-refractivity contribution < 1.29 is 19.1 Å². The average Bonchev–Trinajstić information content (AvgIpc) is 3.41. The van der Waals surface area contributed by atoms with E-state index >= 15 is 0 Å². The molecule has 0 radical (unpaired) electrons. The van der Waals surface area contributed by atoms with Gasteiger partial charge in [-0.15, -0.1) is 0 Å². The van der Waals surface area contributed by atoms with E-state index in [1.807, 2.05) is 24.3 Å². The fourth-order valence-corrected chi connectivity index (χ4v) is 5.00. The van der Waals surface area contributed by atoms with Gasteiger partial charge in [-0.1, -0.05) is 6.42 Å². The Bertz CT molecular complexity index is 1330. The van der Waals surface area contributed by atoms with Gasteiger partial charge in [0, 0.05) is 49.0 Å². The summed E-state index contributed by atoms with van der Waals surface area (Å²) in [4.78, 5) is 28.5. The summed E-state index contributed by atoms with van der Waals surface area (Å²) in [5, 5.41) is 22.7. The van der Waals surface area contributed by atoms with Crippen molar-refractivity contribution >= 4 is 34.2 Å². The number of piperazine rings is 1. The van der Waals surface area contributed by atoms with Gasteiger partial charge in [-0.3, -0.25) is 14.5 Å². The van der Waals surface area contributed by atoms with E-state index in [2.05, 4.69) is 15.1 Å². The van der Waals surface area contributed by atoms with Gasteiger partial charge in [-0.2, -0.15) is 5.26 Å². The average molecular weight is 474 g/mol. The lowest BCUT2D eigenvalue weighted by atomic mass is 9.93.